The number of hydrogen-bond donors (Lipinski definition) is 0. The van der Waals surface area contributed by atoms with Crippen LogP contribution in [0.5, 0.6) is 0 Å². The van der Waals surface area contributed by atoms with Crippen LogP contribution in [0.4, 0.5) is 4.79 Å². The molecule has 8 heteroatoms. The molecule has 3 heterocycles. The Hall–Kier alpha value is -4.07. The van der Waals surface area contributed by atoms with Crippen molar-refractivity contribution in [1.29, 1.82) is 0 Å². The van der Waals surface area contributed by atoms with Gasteiger partial charge < -0.3 is 14.1 Å². The van der Waals surface area contributed by atoms with Gasteiger partial charge in [0, 0.05) is 38.3 Å². The van der Waals surface area contributed by atoms with Gasteiger partial charge in [-0.15, -0.1) is 10.2 Å². The molecule has 0 aliphatic carbocycles. The van der Waals surface area contributed by atoms with E-state index < -0.39 is 5.60 Å². The zero-order chi connectivity index (χ0) is 25.1. The summed E-state index contributed by atoms with van der Waals surface area (Å²) in [6.45, 7) is 6.28. The minimum Gasteiger partial charge on any atom is -0.438 e. The van der Waals surface area contributed by atoms with E-state index in [1.165, 1.54) is 0 Å². The molecule has 0 spiro atoms. The van der Waals surface area contributed by atoms with Crippen LogP contribution in [0, 0.1) is 13.8 Å². The Morgan fingerprint density at radius 3 is 2.36 bits per heavy atom. The Morgan fingerprint density at radius 2 is 1.72 bits per heavy atom. The number of hydrogen-bond acceptors (Lipinski definition) is 7. The molecule has 5 rings (SSSR count). The van der Waals surface area contributed by atoms with Crippen molar-refractivity contribution in [2.75, 3.05) is 6.54 Å². The van der Waals surface area contributed by atoms with Gasteiger partial charge in [0.15, 0.2) is 0 Å². The summed E-state index contributed by atoms with van der Waals surface area (Å²) in [4.78, 5) is 15.2. The normalized spacial score (nSPS) is 18.6. The first kappa shape index (κ1) is 23.7. The number of carbonyl (C=O) groups excluding carboxylic acids is 1. The molecule has 1 aliphatic heterocycles. The molecule has 0 bridgehead atoms. The number of aromatic nitrogens is 4. The van der Waals surface area contributed by atoms with Gasteiger partial charge in [-0.05, 0) is 37.1 Å². The molecule has 0 saturated carbocycles. The third-order valence-corrected chi connectivity index (χ3v) is 6.84. The maximum atomic E-state index is 13.4. The average molecular weight is 484 g/mol. The molecule has 2 aromatic heterocycles. The van der Waals surface area contributed by atoms with Gasteiger partial charge in [-0.25, -0.2) is 4.79 Å². The van der Waals surface area contributed by atoms with Gasteiger partial charge in [-0.3, -0.25) is 0 Å². The largest absolute Gasteiger partial charge is 0.438 e. The van der Waals surface area contributed by atoms with E-state index >= 15 is 0 Å². The van der Waals surface area contributed by atoms with Crippen molar-refractivity contribution in [3.63, 3.8) is 0 Å². The van der Waals surface area contributed by atoms with Crippen LogP contribution >= 0.6 is 0 Å². The standard InChI is InChI=1S/C28H29N5O3/c1-19-9-14-25(31-29-19)23-12-10-22(11-13-23)20(2)33-18-17-28(36-27(33)34,24-7-5-4-6-8-24)16-15-26-32-30-21(3)35-26/h4-14,20H,15-18H2,1-3H3/t20-,28?/m0/s1. The highest BCUT2D eigenvalue weighted by Crippen LogP contribution is 2.40. The SMILES string of the molecule is Cc1ccc(-c2ccc([C@H](C)N3CCC(CCc4nnc(C)o4)(c4ccccc4)OC3=O)cc2)nn1. The molecule has 2 aromatic carbocycles. The van der Waals surface area contributed by atoms with Gasteiger partial charge in [0.1, 0.15) is 5.60 Å². The predicted molar refractivity (Wildman–Crippen MR) is 134 cm³/mol. The first-order chi connectivity index (χ1) is 17.4. The second-order valence-corrected chi connectivity index (χ2v) is 9.24. The minimum absolute atomic E-state index is 0.136. The highest BCUT2D eigenvalue weighted by atomic mass is 16.6. The van der Waals surface area contributed by atoms with Crippen molar-refractivity contribution in [1.82, 2.24) is 25.3 Å². The summed E-state index contributed by atoms with van der Waals surface area (Å²) in [6, 6.07) is 21.8. The molecule has 4 aromatic rings. The molecule has 1 saturated heterocycles. The first-order valence-electron chi connectivity index (χ1n) is 12.2. The van der Waals surface area contributed by atoms with Gasteiger partial charge in [-0.1, -0.05) is 54.6 Å². The maximum Gasteiger partial charge on any atom is 0.411 e. The monoisotopic (exact) mass is 483 g/mol. The van der Waals surface area contributed by atoms with Crippen LogP contribution in [0.2, 0.25) is 0 Å². The van der Waals surface area contributed by atoms with Crippen molar-refractivity contribution >= 4 is 6.09 Å². The molecule has 0 N–H and O–H groups in total. The van der Waals surface area contributed by atoms with E-state index in [1.54, 1.807) is 11.8 Å². The van der Waals surface area contributed by atoms with Gasteiger partial charge in [0.2, 0.25) is 11.8 Å². The molecule has 0 radical (unpaired) electrons. The van der Waals surface area contributed by atoms with E-state index in [9.17, 15) is 4.79 Å². The Bertz CT molecular complexity index is 1320. The Balaban J connectivity index is 1.32. The smallest absolute Gasteiger partial charge is 0.411 e. The number of rotatable bonds is 7. The van der Waals surface area contributed by atoms with Crippen LogP contribution in [0.25, 0.3) is 11.3 Å². The lowest BCUT2D eigenvalue weighted by Crippen LogP contribution is -2.49. The first-order valence-corrected chi connectivity index (χ1v) is 12.2. The average Bonchev–Trinajstić information content (AvgIpc) is 3.33. The predicted octanol–water partition coefficient (Wildman–Crippen LogP) is 5.58. The van der Waals surface area contributed by atoms with Crippen molar-refractivity contribution in [3.05, 3.63) is 95.3 Å². The van der Waals surface area contributed by atoms with Crippen molar-refractivity contribution in [2.45, 2.75) is 51.7 Å². The lowest BCUT2D eigenvalue weighted by molar-refractivity contribution is -0.0660. The lowest BCUT2D eigenvalue weighted by atomic mass is 9.84. The van der Waals surface area contributed by atoms with E-state index in [1.807, 2.05) is 80.6 Å². The molecular weight excluding hydrogens is 454 g/mol. The lowest BCUT2D eigenvalue weighted by Gasteiger charge is -2.43. The van der Waals surface area contributed by atoms with E-state index in [2.05, 4.69) is 20.4 Å². The number of ether oxygens (including phenoxy) is 1. The van der Waals surface area contributed by atoms with Crippen LogP contribution in [-0.4, -0.2) is 37.9 Å². The number of amides is 1. The maximum absolute atomic E-state index is 13.4. The fraction of sp³-hybridized carbons (Fsp3) is 0.321. The van der Waals surface area contributed by atoms with Crippen molar-refractivity contribution < 1.29 is 13.9 Å². The molecule has 8 nitrogen and oxygen atoms in total. The zero-order valence-corrected chi connectivity index (χ0v) is 20.7. The molecular formula is C28H29N5O3. The van der Waals surface area contributed by atoms with Crippen LogP contribution < -0.4 is 0 Å². The van der Waals surface area contributed by atoms with Gasteiger partial charge in [0.05, 0.1) is 17.4 Å². The van der Waals surface area contributed by atoms with Crippen molar-refractivity contribution in [2.24, 2.45) is 0 Å². The molecule has 184 valence electrons. The molecule has 2 atom stereocenters. The topological polar surface area (TPSA) is 94.2 Å². The fourth-order valence-corrected chi connectivity index (χ4v) is 4.70. The second-order valence-electron chi connectivity index (χ2n) is 9.24. The number of cyclic esters (lactones) is 1. The summed E-state index contributed by atoms with van der Waals surface area (Å²) >= 11 is 0. The highest BCUT2D eigenvalue weighted by Gasteiger charge is 2.43. The third kappa shape index (κ3) is 4.84. The summed E-state index contributed by atoms with van der Waals surface area (Å²) in [6.07, 6.45) is 1.44. The number of aryl methyl sites for hydroxylation is 3. The Labute approximate surface area is 210 Å². The van der Waals surface area contributed by atoms with Crippen LogP contribution in [-0.2, 0) is 16.8 Å². The Morgan fingerprint density at radius 1 is 0.944 bits per heavy atom. The van der Waals surface area contributed by atoms with Gasteiger partial charge in [0.25, 0.3) is 0 Å². The zero-order valence-electron chi connectivity index (χ0n) is 20.7. The third-order valence-electron chi connectivity index (χ3n) is 6.84. The fourth-order valence-electron chi connectivity index (χ4n) is 4.70. The molecule has 1 fully saturated rings. The van der Waals surface area contributed by atoms with Gasteiger partial charge in [-0.2, -0.15) is 10.2 Å². The number of carbonyl (C=O) groups is 1. The van der Waals surface area contributed by atoms with Crippen LogP contribution in [0.1, 0.15) is 54.4 Å². The highest BCUT2D eigenvalue weighted by molar-refractivity contribution is 5.70. The summed E-state index contributed by atoms with van der Waals surface area (Å²) in [5.74, 6) is 1.08. The van der Waals surface area contributed by atoms with E-state index in [4.69, 9.17) is 9.15 Å². The van der Waals surface area contributed by atoms with Crippen LogP contribution in [0.3, 0.4) is 0 Å². The summed E-state index contributed by atoms with van der Waals surface area (Å²) in [5.41, 5.74) is 3.95. The minimum atomic E-state index is -0.745. The van der Waals surface area contributed by atoms with E-state index in [-0.39, 0.29) is 12.1 Å². The van der Waals surface area contributed by atoms with Crippen LogP contribution in [0.15, 0.2) is 71.1 Å². The Kier molecular flexibility index (Phi) is 6.50. The van der Waals surface area contributed by atoms with E-state index in [0.29, 0.717) is 37.6 Å². The molecule has 1 aliphatic rings. The second kappa shape index (κ2) is 9.89. The molecule has 1 unspecified atom stereocenters. The van der Waals surface area contributed by atoms with E-state index in [0.717, 1.165) is 28.1 Å². The summed E-state index contributed by atoms with van der Waals surface area (Å²) in [7, 11) is 0. The summed E-state index contributed by atoms with van der Waals surface area (Å²) in [5, 5.41) is 16.4. The summed E-state index contributed by atoms with van der Waals surface area (Å²) < 4.78 is 11.8. The molecule has 1 amide bonds. The van der Waals surface area contributed by atoms with Gasteiger partial charge >= 0.3 is 6.09 Å². The molecule has 36 heavy (non-hydrogen) atoms. The number of nitrogens with zero attached hydrogens (tertiary/aromatic N) is 5. The number of benzene rings is 2. The quantitative estimate of drug-likeness (QED) is 0.339. The van der Waals surface area contributed by atoms with Crippen molar-refractivity contribution in [3.8, 4) is 11.3 Å².